The second-order valence-corrected chi connectivity index (χ2v) is 6.76. The quantitative estimate of drug-likeness (QED) is 0.902. The van der Waals surface area contributed by atoms with E-state index in [0.717, 1.165) is 17.9 Å². The molecule has 2 heterocycles. The SMILES string of the molecule is CCn1cc(C(O)C2SCCSC2C)cn1. The Morgan fingerprint density at radius 2 is 2.31 bits per heavy atom. The minimum atomic E-state index is -0.381. The van der Waals surface area contributed by atoms with Crippen LogP contribution in [0, 0.1) is 0 Å². The fraction of sp³-hybridized carbons (Fsp3) is 0.727. The molecule has 1 aliphatic rings. The minimum absolute atomic E-state index is 0.299. The molecule has 16 heavy (non-hydrogen) atoms. The number of hydrogen-bond acceptors (Lipinski definition) is 4. The zero-order chi connectivity index (χ0) is 11.5. The first-order chi connectivity index (χ1) is 7.72. The summed E-state index contributed by atoms with van der Waals surface area (Å²) in [5, 5.41) is 15.4. The number of aliphatic hydroxyl groups is 1. The highest BCUT2D eigenvalue weighted by Gasteiger charge is 2.30. The Morgan fingerprint density at radius 3 is 2.94 bits per heavy atom. The summed E-state index contributed by atoms with van der Waals surface area (Å²) in [5.41, 5.74) is 0.953. The van der Waals surface area contributed by atoms with Crippen molar-refractivity contribution >= 4 is 23.5 Å². The molecule has 3 nitrogen and oxygen atoms in total. The Bertz CT molecular complexity index is 342. The highest BCUT2D eigenvalue weighted by Crippen LogP contribution is 2.38. The van der Waals surface area contributed by atoms with E-state index in [0.29, 0.717) is 10.5 Å². The molecule has 90 valence electrons. The van der Waals surface area contributed by atoms with Gasteiger partial charge in [-0.2, -0.15) is 28.6 Å². The van der Waals surface area contributed by atoms with E-state index in [-0.39, 0.29) is 6.10 Å². The summed E-state index contributed by atoms with van der Waals surface area (Å²) in [5.74, 6) is 2.34. The van der Waals surface area contributed by atoms with Gasteiger partial charge in [-0.3, -0.25) is 4.68 Å². The Labute approximate surface area is 105 Å². The highest BCUT2D eigenvalue weighted by molar-refractivity contribution is 8.07. The standard InChI is InChI=1S/C11H18N2OS2/c1-3-13-7-9(6-12-13)10(14)11-8(2)15-4-5-16-11/h6-8,10-11,14H,3-5H2,1-2H3. The lowest BCUT2D eigenvalue weighted by atomic mass is 10.1. The number of aryl methyl sites for hydroxylation is 1. The van der Waals surface area contributed by atoms with Crippen molar-refractivity contribution in [3.05, 3.63) is 18.0 Å². The Kier molecular flexibility index (Phi) is 4.21. The van der Waals surface area contributed by atoms with Gasteiger partial charge < -0.3 is 5.11 Å². The molecule has 0 aromatic carbocycles. The topological polar surface area (TPSA) is 38.0 Å². The molecule has 0 spiro atoms. The van der Waals surface area contributed by atoms with Crippen LogP contribution in [0.2, 0.25) is 0 Å². The molecule has 1 N–H and O–H groups in total. The van der Waals surface area contributed by atoms with Crippen LogP contribution in [0.3, 0.4) is 0 Å². The monoisotopic (exact) mass is 258 g/mol. The summed E-state index contributed by atoms with van der Waals surface area (Å²) in [4.78, 5) is 0. The number of nitrogens with zero attached hydrogens (tertiary/aromatic N) is 2. The van der Waals surface area contributed by atoms with E-state index < -0.39 is 0 Å². The fourth-order valence-corrected chi connectivity index (χ4v) is 4.73. The lowest BCUT2D eigenvalue weighted by molar-refractivity contribution is 0.174. The zero-order valence-electron chi connectivity index (χ0n) is 9.67. The molecule has 5 heteroatoms. The van der Waals surface area contributed by atoms with E-state index in [1.165, 1.54) is 5.75 Å². The molecule has 0 amide bonds. The van der Waals surface area contributed by atoms with Gasteiger partial charge in [-0.25, -0.2) is 0 Å². The summed E-state index contributed by atoms with van der Waals surface area (Å²) < 4.78 is 1.86. The summed E-state index contributed by atoms with van der Waals surface area (Å²) in [6.45, 7) is 5.11. The third-order valence-electron chi connectivity index (χ3n) is 2.87. The smallest absolute Gasteiger partial charge is 0.0949 e. The fourth-order valence-electron chi connectivity index (χ4n) is 1.89. The summed E-state index contributed by atoms with van der Waals surface area (Å²) in [7, 11) is 0. The second kappa shape index (κ2) is 5.47. The molecule has 1 aromatic rings. The lowest BCUT2D eigenvalue weighted by Gasteiger charge is -2.31. The van der Waals surface area contributed by atoms with Crippen LogP contribution in [-0.4, -0.2) is 36.9 Å². The van der Waals surface area contributed by atoms with Crippen LogP contribution < -0.4 is 0 Å². The first kappa shape index (κ1) is 12.3. The maximum Gasteiger partial charge on any atom is 0.0949 e. The third kappa shape index (κ3) is 2.57. The van der Waals surface area contributed by atoms with Crippen molar-refractivity contribution < 1.29 is 5.11 Å². The van der Waals surface area contributed by atoms with Gasteiger partial charge in [0, 0.05) is 40.3 Å². The molecule has 1 saturated heterocycles. The van der Waals surface area contributed by atoms with Crippen molar-refractivity contribution in [2.24, 2.45) is 0 Å². The average molecular weight is 258 g/mol. The molecule has 0 radical (unpaired) electrons. The van der Waals surface area contributed by atoms with E-state index >= 15 is 0 Å². The Balaban J connectivity index is 2.07. The molecule has 0 saturated carbocycles. The number of rotatable bonds is 3. The van der Waals surface area contributed by atoms with Crippen LogP contribution in [0.1, 0.15) is 25.5 Å². The van der Waals surface area contributed by atoms with Crippen molar-refractivity contribution in [3.63, 3.8) is 0 Å². The molecule has 1 fully saturated rings. The van der Waals surface area contributed by atoms with Gasteiger partial charge in [-0.1, -0.05) is 6.92 Å². The molecule has 3 atom stereocenters. The molecular weight excluding hydrogens is 240 g/mol. The van der Waals surface area contributed by atoms with Crippen LogP contribution in [0.4, 0.5) is 0 Å². The van der Waals surface area contributed by atoms with E-state index in [4.69, 9.17) is 0 Å². The van der Waals surface area contributed by atoms with Crippen molar-refractivity contribution in [2.75, 3.05) is 11.5 Å². The molecule has 1 aromatic heterocycles. The maximum atomic E-state index is 10.3. The van der Waals surface area contributed by atoms with Gasteiger partial charge in [0.15, 0.2) is 0 Å². The van der Waals surface area contributed by atoms with E-state index in [1.807, 2.05) is 34.4 Å². The molecule has 0 bridgehead atoms. The average Bonchev–Trinajstić information content (AvgIpc) is 2.77. The van der Waals surface area contributed by atoms with Crippen LogP contribution in [0.5, 0.6) is 0 Å². The van der Waals surface area contributed by atoms with Crippen molar-refractivity contribution in [2.45, 2.75) is 37.0 Å². The molecule has 1 aliphatic heterocycles. The second-order valence-electron chi connectivity index (χ2n) is 3.99. The van der Waals surface area contributed by atoms with Gasteiger partial charge in [-0.15, -0.1) is 0 Å². The summed E-state index contributed by atoms with van der Waals surface area (Å²) in [6, 6.07) is 0. The zero-order valence-corrected chi connectivity index (χ0v) is 11.3. The molecule has 0 aliphatic carbocycles. The lowest BCUT2D eigenvalue weighted by Crippen LogP contribution is -2.29. The van der Waals surface area contributed by atoms with Crippen LogP contribution in [-0.2, 0) is 6.54 Å². The van der Waals surface area contributed by atoms with E-state index in [1.54, 1.807) is 6.20 Å². The largest absolute Gasteiger partial charge is 0.387 e. The number of hydrogen-bond donors (Lipinski definition) is 1. The van der Waals surface area contributed by atoms with E-state index in [2.05, 4.69) is 18.9 Å². The Morgan fingerprint density at radius 1 is 1.56 bits per heavy atom. The van der Waals surface area contributed by atoms with Gasteiger partial charge in [0.25, 0.3) is 0 Å². The normalized spacial score (nSPS) is 27.9. The predicted octanol–water partition coefficient (Wildman–Crippen LogP) is 2.17. The molecular formula is C11H18N2OS2. The maximum absolute atomic E-state index is 10.3. The van der Waals surface area contributed by atoms with Gasteiger partial charge in [-0.05, 0) is 6.92 Å². The molecule has 2 rings (SSSR count). The van der Waals surface area contributed by atoms with Crippen molar-refractivity contribution in [3.8, 4) is 0 Å². The van der Waals surface area contributed by atoms with Crippen molar-refractivity contribution in [1.82, 2.24) is 9.78 Å². The van der Waals surface area contributed by atoms with E-state index in [9.17, 15) is 5.11 Å². The molecule has 3 unspecified atom stereocenters. The van der Waals surface area contributed by atoms with Gasteiger partial charge in [0.1, 0.15) is 0 Å². The number of aliphatic hydroxyl groups excluding tert-OH is 1. The minimum Gasteiger partial charge on any atom is -0.387 e. The first-order valence-electron chi connectivity index (χ1n) is 5.66. The predicted molar refractivity (Wildman–Crippen MR) is 71.0 cm³/mol. The van der Waals surface area contributed by atoms with Gasteiger partial charge >= 0.3 is 0 Å². The highest BCUT2D eigenvalue weighted by atomic mass is 32.2. The van der Waals surface area contributed by atoms with Crippen molar-refractivity contribution in [1.29, 1.82) is 0 Å². The van der Waals surface area contributed by atoms with Gasteiger partial charge in [0.05, 0.1) is 12.3 Å². The van der Waals surface area contributed by atoms with Crippen LogP contribution in [0.25, 0.3) is 0 Å². The number of thioether (sulfide) groups is 2. The van der Waals surface area contributed by atoms with Gasteiger partial charge in [0.2, 0.25) is 0 Å². The summed E-state index contributed by atoms with van der Waals surface area (Å²) >= 11 is 3.84. The first-order valence-corrected chi connectivity index (χ1v) is 7.75. The summed E-state index contributed by atoms with van der Waals surface area (Å²) in [6.07, 6.45) is 3.37. The third-order valence-corrected chi connectivity index (χ3v) is 6.05. The van der Waals surface area contributed by atoms with Crippen LogP contribution in [0.15, 0.2) is 12.4 Å². The Hall–Kier alpha value is -0.130. The van der Waals surface area contributed by atoms with Crippen LogP contribution >= 0.6 is 23.5 Å². The number of aromatic nitrogens is 2.